The van der Waals surface area contributed by atoms with E-state index in [1.165, 1.54) is 0 Å². The van der Waals surface area contributed by atoms with E-state index < -0.39 is 22.3 Å². The van der Waals surface area contributed by atoms with Crippen molar-refractivity contribution in [3.8, 4) is 0 Å². The smallest absolute Gasteiger partial charge is 0.295 e. The molecule has 2 aromatic carbocycles. The van der Waals surface area contributed by atoms with E-state index in [1.54, 1.807) is 12.1 Å². The largest absolute Gasteiger partial charge is 0.316 e. The minimum atomic E-state index is -0.746. The van der Waals surface area contributed by atoms with Gasteiger partial charge in [0.15, 0.2) is 0 Å². The molecule has 0 radical (unpaired) electrons. The van der Waals surface area contributed by atoms with Crippen LogP contribution < -0.4 is 5.32 Å². The zero-order valence-electron chi connectivity index (χ0n) is 10.9. The molecule has 1 amide bonds. The highest BCUT2D eigenvalue weighted by Crippen LogP contribution is 2.27. The number of amides is 1. The number of anilines is 1. The lowest BCUT2D eigenvalue weighted by Crippen LogP contribution is -2.14. The summed E-state index contributed by atoms with van der Waals surface area (Å²) in [4.78, 5) is 22.3. The second-order valence-electron chi connectivity index (χ2n) is 4.31. The van der Waals surface area contributed by atoms with Crippen LogP contribution in [0.2, 0.25) is 0 Å². The van der Waals surface area contributed by atoms with Gasteiger partial charge in [-0.25, -0.2) is 4.39 Å². The molecule has 0 saturated carbocycles. The Bertz CT molecular complexity index is 734. The average molecular weight is 353 g/mol. The van der Waals surface area contributed by atoms with E-state index in [4.69, 9.17) is 0 Å². The number of halogens is 2. The van der Waals surface area contributed by atoms with Crippen molar-refractivity contribution in [2.45, 2.75) is 6.92 Å². The molecule has 0 bridgehead atoms. The summed E-state index contributed by atoms with van der Waals surface area (Å²) in [5, 5.41) is 13.3. The summed E-state index contributed by atoms with van der Waals surface area (Å²) in [5.41, 5.74) is 0.650. The van der Waals surface area contributed by atoms with Crippen molar-refractivity contribution in [3.05, 3.63) is 67.9 Å². The Labute approximate surface area is 128 Å². The highest BCUT2D eigenvalue weighted by molar-refractivity contribution is 9.10. The summed E-state index contributed by atoms with van der Waals surface area (Å²) in [6, 6.07) is 8.08. The molecule has 108 valence electrons. The molecule has 0 aliphatic carbocycles. The van der Waals surface area contributed by atoms with Crippen LogP contribution in [0.3, 0.4) is 0 Å². The van der Waals surface area contributed by atoms with E-state index in [9.17, 15) is 19.3 Å². The molecule has 0 atom stereocenters. The van der Waals surface area contributed by atoms with Gasteiger partial charge in [0, 0.05) is 4.47 Å². The van der Waals surface area contributed by atoms with Crippen molar-refractivity contribution in [2.24, 2.45) is 0 Å². The number of hydrogen-bond acceptors (Lipinski definition) is 3. The average Bonchev–Trinajstić information content (AvgIpc) is 2.43. The predicted octanol–water partition coefficient (Wildman–Crippen LogP) is 4.06. The van der Waals surface area contributed by atoms with E-state index in [0.29, 0.717) is 10.0 Å². The number of benzene rings is 2. The first-order valence-electron chi connectivity index (χ1n) is 5.90. The lowest BCUT2D eigenvalue weighted by molar-refractivity contribution is -0.384. The Balaban J connectivity index is 2.36. The molecule has 1 N–H and O–H groups in total. The summed E-state index contributed by atoms with van der Waals surface area (Å²) in [6.07, 6.45) is 0. The van der Waals surface area contributed by atoms with Crippen LogP contribution in [0.4, 0.5) is 15.8 Å². The number of nitro benzene ring substituents is 1. The van der Waals surface area contributed by atoms with E-state index in [2.05, 4.69) is 21.2 Å². The third-order valence-corrected chi connectivity index (χ3v) is 3.89. The lowest BCUT2D eigenvalue weighted by Gasteiger charge is -2.09. The van der Waals surface area contributed by atoms with E-state index in [1.807, 2.05) is 13.0 Å². The van der Waals surface area contributed by atoms with Crippen LogP contribution in [0.15, 0.2) is 40.9 Å². The van der Waals surface area contributed by atoms with Gasteiger partial charge in [-0.1, -0.05) is 12.1 Å². The van der Waals surface area contributed by atoms with Crippen molar-refractivity contribution in [1.29, 1.82) is 0 Å². The maximum absolute atomic E-state index is 13.1. The molecule has 0 saturated heterocycles. The molecule has 21 heavy (non-hydrogen) atoms. The molecule has 2 aromatic rings. The monoisotopic (exact) mass is 352 g/mol. The number of nitrogens with zero attached hydrogens (tertiary/aromatic N) is 1. The summed E-state index contributed by atoms with van der Waals surface area (Å²) >= 11 is 3.30. The van der Waals surface area contributed by atoms with Gasteiger partial charge in [-0.05, 0) is 46.6 Å². The molecule has 5 nitrogen and oxygen atoms in total. The lowest BCUT2D eigenvalue weighted by atomic mass is 10.1. The summed E-state index contributed by atoms with van der Waals surface area (Å²) in [7, 11) is 0. The standard InChI is InChI=1S/C14H10BrFN2O3/c1-8-3-2-4-10(13(8)15)14(19)17-11-6-5-9(16)7-12(11)18(20)21/h2-7H,1H3,(H,17,19). The number of nitrogens with one attached hydrogen (secondary N) is 1. The maximum Gasteiger partial charge on any atom is 0.295 e. The number of rotatable bonds is 3. The predicted molar refractivity (Wildman–Crippen MR) is 79.9 cm³/mol. The molecular formula is C14H10BrFN2O3. The fourth-order valence-electron chi connectivity index (χ4n) is 1.77. The van der Waals surface area contributed by atoms with Crippen molar-refractivity contribution >= 4 is 33.2 Å². The number of carbonyl (C=O) groups excluding carboxylic acids is 1. The van der Waals surface area contributed by atoms with Crippen LogP contribution in [-0.4, -0.2) is 10.8 Å². The Morgan fingerprint density at radius 1 is 1.33 bits per heavy atom. The SMILES string of the molecule is Cc1cccc(C(=O)Nc2ccc(F)cc2[N+](=O)[O-])c1Br. The van der Waals surface area contributed by atoms with Gasteiger partial charge in [0.25, 0.3) is 11.6 Å². The first-order valence-corrected chi connectivity index (χ1v) is 6.70. The number of nitro groups is 1. The second-order valence-corrected chi connectivity index (χ2v) is 5.10. The van der Waals surface area contributed by atoms with Gasteiger partial charge < -0.3 is 5.32 Å². The third kappa shape index (κ3) is 3.25. The van der Waals surface area contributed by atoms with Crippen LogP contribution in [0, 0.1) is 22.9 Å². The number of carbonyl (C=O) groups is 1. The fraction of sp³-hybridized carbons (Fsp3) is 0.0714. The zero-order valence-corrected chi connectivity index (χ0v) is 12.5. The van der Waals surface area contributed by atoms with Crippen LogP contribution in [0.5, 0.6) is 0 Å². The molecule has 0 heterocycles. The third-order valence-electron chi connectivity index (χ3n) is 2.84. The summed E-state index contributed by atoms with van der Waals surface area (Å²) in [5.74, 6) is -1.25. The highest BCUT2D eigenvalue weighted by Gasteiger charge is 2.19. The van der Waals surface area contributed by atoms with Crippen molar-refractivity contribution < 1.29 is 14.1 Å². The number of hydrogen-bond donors (Lipinski definition) is 1. The molecule has 2 rings (SSSR count). The first-order chi connectivity index (χ1) is 9.90. The topological polar surface area (TPSA) is 72.2 Å². The van der Waals surface area contributed by atoms with E-state index in [0.717, 1.165) is 23.8 Å². The van der Waals surface area contributed by atoms with Gasteiger partial charge in [0.2, 0.25) is 0 Å². The van der Waals surface area contributed by atoms with Gasteiger partial charge >= 0.3 is 0 Å². The van der Waals surface area contributed by atoms with Crippen molar-refractivity contribution in [2.75, 3.05) is 5.32 Å². The van der Waals surface area contributed by atoms with Crippen LogP contribution in [0.25, 0.3) is 0 Å². The Hall–Kier alpha value is -2.28. The molecule has 0 aliphatic heterocycles. The van der Waals surface area contributed by atoms with Gasteiger partial charge in [-0.3, -0.25) is 14.9 Å². The molecule has 7 heteroatoms. The van der Waals surface area contributed by atoms with E-state index in [-0.39, 0.29) is 5.69 Å². The second kappa shape index (κ2) is 6.01. The van der Waals surface area contributed by atoms with Crippen LogP contribution in [-0.2, 0) is 0 Å². The van der Waals surface area contributed by atoms with Crippen molar-refractivity contribution in [1.82, 2.24) is 0 Å². The number of aryl methyl sites for hydroxylation is 1. The molecule has 0 spiro atoms. The minimum Gasteiger partial charge on any atom is -0.316 e. The summed E-state index contributed by atoms with van der Waals surface area (Å²) < 4.78 is 13.7. The molecule has 0 fully saturated rings. The Morgan fingerprint density at radius 2 is 2.05 bits per heavy atom. The van der Waals surface area contributed by atoms with Gasteiger partial charge in [-0.15, -0.1) is 0 Å². The molecule has 0 unspecified atom stereocenters. The minimum absolute atomic E-state index is 0.0557. The first kappa shape index (κ1) is 15.1. The Kier molecular flexibility index (Phi) is 4.32. The van der Waals surface area contributed by atoms with Crippen molar-refractivity contribution in [3.63, 3.8) is 0 Å². The summed E-state index contributed by atoms with van der Waals surface area (Å²) in [6.45, 7) is 1.82. The quantitative estimate of drug-likeness (QED) is 0.668. The maximum atomic E-state index is 13.1. The van der Waals surface area contributed by atoms with E-state index >= 15 is 0 Å². The Morgan fingerprint density at radius 3 is 2.71 bits per heavy atom. The van der Waals surface area contributed by atoms with Crippen LogP contribution >= 0.6 is 15.9 Å². The van der Waals surface area contributed by atoms with Gasteiger partial charge in [0.1, 0.15) is 11.5 Å². The fourth-order valence-corrected chi connectivity index (χ4v) is 2.22. The molecule has 0 aliphatic rings. The molecular weight excluding hydrogens is 343 g/mol. The molecule has 0 aromatic heterocycles. The van der Waals surface area contributed by atoms with Crippen LogP contribution in [0.1, 0.15) is 15.9 Å². The van der Waals surface area contributed by atoms with Gasteiger partial charge in [-0.2, -0.15) is 0 Å². The normalized spacial score (nSPS) is 10.2. The zero-order chi connectivity index (χ0) is 15.6. The van der Waals surface area contributed by atoms with Gasteiger partial charge in [0.05, 0.1) is 16.6 Å². The highest BCUT2D eigenvalue weighted by atomic mass is 79.9.